The van der Waals surface area contributed by atoms with Gasteiger partial charge >= 0.3 is 5.97 Å². The first-order valence-electron chi connectivity index (χ1n) is 13.4. The van der Waals surface area contributed by atoms with E-state index in [1.807, 2.05) is 53.7 Å². The van der Waals surface area contributed by atoms with Crippen LogP contribution >= 0.6 is 22.6 Å². The Hall–Kier alpha value is -2.36. The predicted octanol–water partition coefficient (Wildman–Crippen LogP) is 6.25. The SMILES string of the molecule is CCCOc1c(I)cc(C2C3=C(CC(C)(C)CC3=O)N(CC(=O)O)C3=C2C(=O)CC(C)(C)C3)cc1OCC. The third-order valence-electron chi connectivity index (χ3n) is 7.43. The predicted molar refractivity (Wildman–Crippen MR) is 153 cm³/mol. The van der Waals surface area contributed by atoms with Crippen LogP contribution in [0.1, 0.15) is 85.1 Å². The number of hydrogen-bond donors (Lipinski definition) is 1. The van der Waals surface area contributed by atoms with Crippen molar-refractivity contribution in [2.45, 2.75) is 79.6 Å². The van der Waals surface area contributed by atoms with Crippen LogP contribution in [0.15, 0.2) is 34.7 Å². The van der Waals surface area contributed by atoms with Crippen LogP contribution in [0.2, 0.25) is 0 Å². The van der Waals surface area contributed by atoms with Crippen LogP contribution < -0.4 is 9.47 Å². The van der Waals surface area contributed by atoms with Crippen LogP contribution in [0.3, 0.4) is 0 Å². The van der Waals surface area contributed by atoms with Gasteiger partial charge in [-0.2, -0.15) is 0 Å². The normalized spacial score (nSPS) is 20.9. The molecular formula is C30H38INO6. The summed E-state index contributed by atoms with van der Waals surface area (Å²) in [7, 11) is 0. The van der Waals surface area contributed by atoms with Gasteiger partial charge in [-0.15, -0.1) is 0 Å². The third kappa shape index (κ3) is 5.51. The molecule has 0 aromatic heterocycles. The lowest BCUT2D eigenvalue weighted by molar-refractivity contribution is -0.138. The summed E-state index contributed by atoms with van der Waals surface area (Å²) in [5.74, 6) is -0.353. The summed E-state index contributed by atoms with van der Waals surface area (Å²) in [5.41, 5.74) is 2.76. The maximum Gasteiger partial charge on any atom is 0.323 e. The summed E-state index contributed by atoms with van der Waals surface area (Å²) < 4.78 is 12.9. The van der Waals surface area contributed by atoms with Crippen molar-refractivity contribution in [1.82, 2.24) is 4.90 Å². The highest BCUT2D eigenvalue weighted by Crippen LogP contribution is 2.55. The molecule has 0 unspecified atom stereocenters. The first kappa shape index (κ1) is 28.6. The molecule has 1 N–H and O–H groups in total. The van der Waals surface area contributed by atoms with Crippen LogP contribution in [0, 0.1) is 14.4 Å². The number of ether oxygens (including phenoxy) is 2. The molecule has 0 fully saturated rings. The number of ketones is 2. The van der Waals surface area contributed by atoms with E-state index < -0.39 is 11.9 Å². The Kier molecular flexibility index (Phi) is 8.04. The Morgan fingerprint density at radius 1 is 0.974 bits per heavy atom. The number of benzene rings is 1. The molecule has 0 bridgehead atoms. The van der Waals surface area contributed by atoms with Crippen LogP contribution in [0.5, 0.6) is 11.5 Å². The van der Waals surface area contributed by atoms with Gasteiger partial charge in [0.2, 0.25) is 0 Å². The summed E-state index contributed by atoms with van der Waals surface area (Å²) in [4.78, 5) is 41.5. The molecule has 1 aromatic rings. The second-order valence-corrected chi connectivity index (χ2v) is 13.3. The molecule has 38 heavy (non-hydrogen) atoms. The van der Waals surface area contributed by atoms with E-state index in [0.717, 1.165) is 26.9 Å². The van der Waals surface area contributed by atoms with Gasteiger partial charge in [0.25, 0.3) is 0 Å². The van der Waals surface area contributed by atoms with Gasteiger partial charge in [-0.05, 0) is 77.3 Å². The van der Waals surface area contributed by atoms with Gasteiger partial charge in [-0.3, -0.25) is 14.4 Å². The van der Waals surface area contributed by atoms with Gasteiger partial charge in [0.05, 0.1) is 16.8 Å². The average molecular weight is 636 g/mol. The number of aliphatic carboxylic acids is 1. The summed E-state index contributed by atoms with van der Waals surface area (Å²) in [6, 6.07) is 3.89. The van der Waals surface area contributed by atoms with Crippen molar-refractivity contribution in [2.24, 2.45) is 10.8 Å². The highest BCUT2D eigenvalue weighted by Gasteiger charge is 2.49. The number of Topliss-reactive ketones (excluding diaryl/α,β-unsaturated/α-hetero) is 2. The zero-order valence-corrected chi connectivity index (χ0v) is 25.4. The Bertz CT molecular complexity index is 1190. The van der Waals surface area contributed by atoms with E-state index in [0.29, 0.717) is 61.5 Å². The molecule has 206 valence electrons. The summed E-state index contributed by atoms with van der Waals surface area (Å²) in [6.07, 6.45) is 2.68. The van der Waals surface area contributed by atoms with Gasteiger partial charge in [-0.25, -0.2) is 0 Å². The minimum absolute atomic E-state index is 0.0277. The second-order valence-electron chi connectivity index (χ2n) is 12.1. The fraction of sp³-hybridized carbons (Fsp3) is 0.567. The largest absolute Gasteiger partial charge is 0.490 e. The van der Waals surface area contributed by atoms with Crippen molar-refractivity contribution < 1.29 is 29.0 Å². The highest BCUT2D eigenvalue weighted by molar-refractivity contribution is 14.1. The minimum Gasteiger partial charge on any atom is -0.490 e. The number of carbonyl (C=O) groups is 3. The Morgan fingerprint density at radius 3 is 2.00 bits per heavy atom. The molecular weight excluding hydrogens is 597 g/mol. The fourth-order valence-corrected chi connectivity index (χ4v) is 6.85. The number of allylic oxidation sites excluding steroid dienone is 4. The molecule has 8 heteroatoms. The second kappa shape index (κ2) is 10.7. The zero-order valence-electron chi connectivity index (χ0n) is 23.2. The number of halogens is 1. The molecule has 0 atom stereocenters. The number of rotatable bonds is 8. The molecule has 1 aliphatic heterocycles. The lowest BCUT2D eigenvalue weighted by atomic mass is 9.63. The number of carboxylic acids is 1. The van der Waals surface area contributed by atoms with E-state index in [4.69, 9.17) is 9.47 Å². The smallest absolute Gasteiger partial charge is 0.323 e. The van der Waals surface area contributed by atoms with Gasteiger partial charge in [0, 0.05) is 41.3 Å². The molecule has 7 nitrogen and oxygen atoms in total. The average Bonchev–Trinajstić information content (AvgIpc) is 2.77. The van der Waals surface area contributed by atoms with Gasteiger partial charge in [0.15, 0.2) is 23.1 Å². The van der Waals surface area contributed by atoms with Crippen LogP contribution in [-0.4, -0.2) is 47.3 Å². The third-order valence-corrected chi connectivity index (χ3v) is 8.23. The molecule has 0 spiro atoms. The number of carboxylic acid groups (broad SMARTS) is 1. The molecule has 1 aromatic carbocycles. The van der Waals surface area contributed by atoms with Crippen LogP contribution in [0.25, 0.3) is 0 Å². The topological polar surface area (TPSA) is 93.1 Å². The number of nitrogens with zero attached hydrogens (tertiary/aromatic N) is 1. The monoisotopic (exact) mass is 635 g/mol. The Balaban J connectivity index is 2.00. The van der Waals surface area contributed by atoms with Crippen LogP contribution in [-0.2, 0) is 14.4 Å². The molecule has 3 aliphatic rings. The van der Waals surface area contributed by atoms with Gasteiger partial charge in [-0.1, -0.05) is 34.6 Å². The summed E-state index contributed by atoms with van der Waals surface area (Å²) in [6.45, 7) is 12.8. The van der Waals surface area contributed by atoms with Crippen molar-refractivity contribution >= 4 is 40.1 Å². The first-order valence-corrected chi connectivity index (χ1v) is 14.5. The fourth-order valence-electron chi connectivity index (χ4n) is 6.07. The quantitative estimate of drug-likeness (QED) is 0.338. The molecule has 2 aliphatic carbocycles. The van der Waals surface area contributed by atoms with E-state index in [1.165, 1.54) is 0 Å². The molecule has 1 heterocycles. The zero-order chi connectivity index (χ0) is 28.0. The van der Waals surface area contributed by atoms with Gasteiger partial charge < -0.3 is 19.5 Å². The lowest BCUT2D eigenvalue weighted by Crippen LogP contribution is -2.45. The van der Waals surface area contributed by atoms with E-state index in [2.05, 4.69) is 22.6 Å². The summed E-state index contributed by atoms with van der Waals surface area (Å²) >= 11 is 2.23. The molecule has 4 rings (SSSR count). The Labute approximate surface area is 238 Å². The molecule has 0 radical (unpaired) electrons. The summed E-state index contributed by atoms with van der Waals surface area (Å²) in [5, 5.41) is 9.87. The number of hydrogen-bond acceptors (Lipinski definition) is 6. The van der Waals surface area contributed by atoms with Crippen LogP contribution in [0.4, 0.5) is 0 Å². The van der Waals surface area contributed by atoms with Crippen molar-refractivity contribution in [2.75, 3.05) is 19.8 Å². The van der Waals surface area contributed by atoms with Crippen molar-refractivity contribution in [1.29, 1.82) is 0 Å². The van der Waals surface area contributed by atoms with Crippen molar-refractivity contribution in [3.05, 3.63) is 43.8 Å². The van der Waals surface area contributed by atoms with E-state index in [1.54, 1.807) is 4.90 Å². The molecule has 0 saturated heterocycles. The first-order chi connectivity index (χ1) is 17.8. The van der Waals surface area contributed by atoms with E-state index >= 15 is 0 Å². The van der Waals surface area contributed by atoms with Crippen molar-refractivity contribution in [3.8, 4) is 11.5 Å². The Morgan fingerprint density at radius 2 is 1.53 bits per heavy atom. The molecule has 0 saturated carbocycles. The number of carbonyl (C=O) groups excluding carboxylic acids is 2. The minimum atomic E-state index is -0.987. The standard InChI is InChI=1S/C30H38INO6/c1-7-9-38-28-18(31)10-17(11-23(28)37-8-2)25-26-19(12-29(3,4)14-21(26)33)32(16-24(35)36)20-13-30(5,6)15-22(34)27(20)25/h10-11,25H,7-9,12-16H2,1-6H3,(H,35,36). The van der Waals surface area contributed by atoms with Gasteiger partial charge in [0.1, 0.15) is 6.54 Å². The molecule has 0 amide bonds. The maximum absolute atomic E-state index is 13.8. The maximum atomic E-state index is 13.8. The van der Waals surface area contributed by atoms with Crippen molar-refractivity contribution in [3.63, 3.8) is 0 Å². The van der Waals surface area contributed by atoms with E-state index in [9.17, 15) is 19.5 Å². The highest BCUT2D eigenvalue weighted by atomic mass is 127. The lowest BCUT2D eigenvalue weighted by Gasteiger charge is -2.48. The van der Waals surface area contributed by atoms with E-state index in [-0.39, 0.29) is 28.9 Å².